The summed E-state index contributed by atoms with van der Waals surface area (Å²) in [5.41, 5.74) is 0.433. The zero-order valence-corrected chi connectivity index (χ0v) is 18.5. The molecule has 0 fully saturated rings. The van der Waals surface area contributed by atoms with Gasteiger partial charge in [-0.15, -0.1) is 0 Å². The smallest absolute Gasteiger partial charge is 0.744 e. The van der Waals surface area contributed by atoms with Crippen LogP contribution >= 0.6 is 0 Å². The van der Waals surface area contributed by atoms with E-state index in [1.807, 2.05) is 6.92 Å². The average molecular weight is 382 g/mol. The van der Waals surface area contributed by atoms with Gasteiger partial charge in [-0.25, -0.2) is 8.42 Å². The molecule has 0 amide bonds. The van der Waals surface area contributed by atoms with Crippen molar-refractivity contribution in [2.24, 2.45) is 0 Å². The number of hydrogen-bond donors (Lipinski definition) is 0. The van der Waals surface area contributed by atoms with Crippen molar-refractivity contribution in [1.82, 2.24) is 0 Å². The van der Waals surface area contributed by atoms with E-state index in [4.69, 9.17) is 14.2 Å². The molecule has 0 heterocycles. The molecule has 0 aliphatic carbocycles. The minimum Gasteiger partial charge on any atom is -0.744 e. The van der Waals surface area contributed by atoms with Crippen LogP contribution in [-0.4, -0.2) is 39.9 Å². The number of ether oxygens (including phenoxy) is 3. The van der Waals surface area contributed by atoms with Crippen molar-refractivity contribution in [2.45, 2.75) is 50.8 Å². The maximum atomic E-state index is 11.6. The third kappa shape index (κ3) is 8.75. The molecule has 0 aliphatic heterocycles. The largest absolute Gasteiger partial charge is 1.00 e. The van der Waals surface area contributed by atoms with Crippen LogP contribution < -0.4 is 39.0 Å². The van der Waals surface area contributed by atoms with Gasteiger partial charge in [0.2, 0.25) is 0 Å². The predicted molar refractivity (Wildman–Crippen MR) is 90.8 cm³/mol. The fraction of sp³-hybridized carbons (Fsp3) is 0.647. The van der Waals surface area contributed by atoms with Crippen molar-refractivity contribution in [3.63, 3.8) is 0 Å². The van der Waals surface area contributed by atoms with Crippen LogP contribution in [-0.2, 0) is 21.3 Å². The van der Waals surface area contributed by atoms with Gasteiger partial charge < -0.3 is 18.8 Å². The molecule has 1 aromatic rings. The summed E-state index contributed by atoms with van der Waals surface area (Å²) in [4.78, 5) is -0.245. The van der Waals surface area contributed by atoms with Crippen molar-refractivity contribution in [3.8, 4) is 11.5 Å². The Morgan fingerprint density at radius 1 is 1.04 bits per heavy atom. The minimum absolute atomic E-state index is 0. The van der Waals surface area contributed by atoms with Gasteiger partial charge in [0.05, 0.1) is 18.6 Å². The summed E-state index contributed by atoms with van der Waals surface area (Å²) < 4.78 is 50.9. The van der Waals surface area contributed by atoms with Crippen LogP contribution in [0.4, 0.5) is 0 Å². The monoisotopic (exact) mass is 382 g/mol. The first kappa shape index (κ1) is 24.7. The molecule has 0 saturated heterocycles. The van der Waals surface area contributed by atoms with Crippen LogP contribution in [0.15, 0.2) is 17.0 Å². The summed E-state index contributed by atoms with van der Waals surface area (Å²) in [6.07, 6.45) is 3.97. The van der Waals surface area contributed by atoms with Gasteiger partial charge in [0.1, 0.15) is 10.1 Å². The third-order valence-electron chi connectivity index (χ3n) is 3.56. The van der Waals surface area contributed by atoms with Gasteiger partial charge in [0.25, 0.3) is 0 Å². The first-order valence-electron chi connectivity index (χ1n) is 8.31. The van der Waals surface area contributed by atoms with Crippen LogP contribution in [0.2, 0.25) is 0 Å². The average Bonchev–Trinajstić information content (AvgIpc) is 2.54. The summed E-state index contributed by atoms with van der Waals surface area (Å²) in [7, 11) is -3.10. The molecule has 1 aromatic carbocycles. The quantitative estimate of drug-likeness (QED) is 0.290. The summed E-state index contributed by atoms with van der Waals surface area (Å²) >= 11 is 0. The van der Waals surface area contributed by atoms with Gasteiger partial charge in [-0.3, -0.25) is 0 Å². The van der Waals surface area contributed by atoms with E-state index in [9.17, 15) is 13.0 Å². The Morgan fingerprint density at radius 3 is 2.32 bits per heavy atom. The number of hydrogen-bond acceptors (Lipinski definition) is 6. The summed E-state index contributed by atoms with van der Waals surface area (Å²) in [5, 5.41) is 0. The van der Waals surface area contributed by atoms with Crippen molar-refractivity contribution in [2.75, 3.05) is 26.9 Å². The molecular weight excluding hydrogens is 355 g/mol. The van der Waals surface area contributed by atoms with Crippen molar-refractivity contribution in [3.05, 3.63) is 17.7 Å². The third-order valence-corrected chi connectivity index (χ3v) is 4.48. The van der Waals surface area contributed by atoms with E-state index in [0.29, 0.717) is 44.0 Å². The first-order chi connectivity index (χ1) is 11.4. The Balaban J connectivity index is 0.00000576. The molecule has 0 bridgehead atoms. The van der Waals surface area contributed by atoms with E-state index in [0.717, 1.165) is 19.3 Å². The standard InChI is InChI=1S/C17H28O6S.Na/c1-4-6-7-11-23-16-13-17(24(18,19)20)14(12-15(16)21-3)9-8-10-22-5-2;/h12-13H,4-11H2,1-3H3,(H,18,19,20);/q;+1/p-1. The minimum atomic E-state index is -4.59. The molecule has 0 aromatic heterocycles. The second-order valence-corrected chi connectivity index (χ2v) is 6.77. The fourth-order valence-corrected chi connectivity index (χ4v) is 3.06. The zero-order chi connectivity index (χ0) is 18.0. The van der Waals surface area contributed by atoms with E-state index in [-0.39, 0.29) is 40.2 Å². The van der Waals surface area contributed by atoms with Crippen LogP contribution in [0.25, 0.3) is 0 Å². The topological polar surface area (TPSA) is 84.9 Å². The molecule has 8 heteroatoms. The van der Waals surface area contributed by atoms with E-state index < -0.39 is 10.1 Å². The Morgan fingerprint density at radius 2 is 1.76 bits per heavy atom. The van der Waals surface area contributed by atoms with Gasteiger partial charge >= 0.3 is 29.6 Å². The molecule has 0 saturated carbocycles. The zero-order valence-electron chi connectivity index (χ0n) is 15.7. The molecule has 0 spiro atoms. The molecule has 1 rings (SSSR count). The van der Waals surface area contributed by atoms with Gasteiger partial charge in [-0.2, -0.15) is 0 Å². The maximum Gasteiger partial charge on any atom is 1.00 e. The van der Waals surface area contributed by atoms with Crippen LogP contribution in [0.1, 0.15) is 45.1 Å². The van der Waals surface area contributed by atoms with Crippen LogP contribution in [0.3, 0.4) is 0 Å². The molecule has 6 nitrogen and oxygen atoms in total. The molecule has 0 atom stereocenters. The van der Waals surface area contributed by atoms with Crippen molar-refractivity contribution < 1.29 is 56.7 Å². The SMILES string of the molecule is CCCCCOc1cc(S(=O)(=O)[O-])c(CCCOCC)cc1OC.[Na+]. The van der Waals surface area contributed by atoms with Crippen LogP contribution in [0, 0.1) is 0 Å². The number of aryl methyl sites for hydroxylation is 1. The van der Waals surface area contributed by atoms with Crippen LogP contribution in [0.5, 0.6) is 11.5 Å². The summed E-state index contributed by atoms with van der Waals surface area (Å²) in [6, 6.07) is 2.86. The van der Waals surface area contributed by atoms with E-state index in [1.165, 1.54) is 13.2 Å². The van der Waals surface area contributed by atoms with E-state index in [2.05, 4.69) is 6.92 Å². The van der Waals surface area contributed by atoms with Crippen molar-refractivity contribution >= 4 is 10.1 Å². The Kier molecular flexibility index (Phi) is 12.8. The van der Waals surface area contributed by atoms with Gasteiger partial charge in [0.15, 0.2) is 11.5 Å². The second kappa shape index (κ2) is 12.9. The maximum absolute atomic E-state index is 11.6. The first-order valence-corrected chi connectivity index (χ1v) is 9.72. The molecular formula is C17H27NaO6S. The Hall–Kier alpha value is -0.310. The van der Waals surface area contributed by atoms with Gasteiger partial charge in [0, 0.05) is 19.3 Å². The molecule has 0 aliphatic rings. The predicted octanol–water partition coefficient (Wildman–Crippen LogP) is 0.141. The van der Waals surface area contributed by atoms with E-state index in [1.54, 1.807) is 6.07 Å². The Bertz CT molecular complexity index is 603. The summed E-state index contributed by atoms with van der Waals surface area (Å²) in [5.74, 6) is 0.724. The molecule has 0 radical (unpaired) electrons. The fourth-order valence-electron chi connectivity index (χ4n) is 2.33. The number of rotatable bonds is 12. The van der Waals surface area contributed by atoms with Gasteiger partial charge in [-0.1, -0.05) is 19.8 Å². The Labute approximate surface area is 173 Å². The molecule has 138 valence electrons. The van der Waals surface area contributed by atoms with Gasteiger partial charge in [-0.05, 0) is 37.8 Å². The number of unbranched alkanes of at least 4 members (excludes halogenated alkanes) is 2. The number of methoxy groups -OCH3 is 1. The second-order valence-electron chi connectivity index (χ2n) is 5.42. The van der Waals surface area contributed by atoms with E-state index >= 15 is 0 Å². The normalized spacial score (nSPS) is 11.0. The number of benzene rings is 1. The molecule has 0 unspecified atom stereocenters. The molecule has 25 heavy (non-hydrogen) atoms. The summed E-state index contributed by atoms with van der Waals surface area (Å²) in [6.45, 7) is 5.53. The van der Waals surface area contributed by atoms with Crippen molar-refractivity contribution in [1.29, 1.82) is 0 Å². The molecule has 0 N–H and O–H groups in total.